The summed E-state index contributed by atoms with van der Waals surface area (Å²) in [5.41, 5.74) is 1.52. The summed E-state index contributed by atoms with van der Waals surface area (Å²) in [5.74, 6) is -0.187. The van der Waals surface area contributed by atoms with Crippen molar-refractivity contribution in [1.82, 2.24) is 0 Å². The van der Waals surface area contributed by atoms with E-state index in [4.69, 9.17) is 9.84 Å². The van der Waals surface area contributed by atoms with Gasteiger partial charge in [-0.15, -0.1) is 0 Å². The van der Waals surface area contributed by atoms with Gasteiger partial charge in [0.15, 0.2) is 0 Å². The molecule has 0 aliphatic heterocycles. The minimum absolute atomic E-state index is 0.0132. The van der Waals surface area contributed by atoms with Crippen LogP contribution < -0.4 is 4.74 Å². The molecule has 0 bridgehead atoms. The fraction of sp³-hybridized carbons (Fsp3) is 0.364. The number of benzene rings is 1. The number of phenols is 1. The zero-order valence-corrected chi connectivity index (χ0v) is 8.78. The molecule has 4 nitrogen and oxygen atoms in total. The van der Waals surface area contributed by atoms with E-state index < -0.39 is 5.97 Å². The highest BCUT2D eigenvalue weighted by Gasteiger charge is 2.08. The van der Waals surface area contributed by atoms with E-state index in [1.165, 1.54) is 13.2 Å². The number of hydrogen-bond donors (Lipinski definition) is 2. The van der Waals surface area contributed by atoms with Crippen molar-refractivity contribution in [1.29, 1.82) is 0 Å². The summed E-state index contributed by atoms with van der Waals surface area (Å²) >= 11 is 0. The monoisotopic (exact) mass is 210 g/mol. The van der Waals surface area contributed by atoms with Crippen molar-refractivity contribution in [2.45, 2.75) is 19.8 Å². The molecule has 15 heavy (non-hydrogen) atoms. The molecule has 0 saturated heterocycles. The SMILES string of the molecule is COc1cc(O)c(CCC(=O)O)cc1C. The van der Waals surface area contributed by atoms with Crippen molar-refractivity contribution >= 4 is 5.97 Å². The highest BCUT2D eigenvalue weighted by Crippen LogP contribution is 2.28. The number of methoxy groups -OCH3 is 1. The summed E-state index contributed by atoms with van der Waals surface area (Å²) in [4.78, 5) is 10.4. The molecule has 82 valence electrons. The van der Waals surface area contributed by atoms with E-state index in [0.717, 1.165) is 5.56 Å². The molecule has 0 amide bonds. The second-order valence-electron chi connectivity index (χ2n) is 3.34. The number of carboxylic acid groups (broad SMARTS) is 1. The Hall–Kier alpha value is -1.71. The number of aryl methyl sites for hydroxylation is 2. The van der Waals surface area contributed by atoms with Crippen LogP contribution in [0.1, 0.15) is 17.5 Å². The Morgan fingerprint density at radius 3 is 2.67 bits per heavy atom. The fourth-order valence-electron chi connectivity index (χ4n) is 1.40. The van der Waals surface area contributed by atoms with E-state index in [9.17, 15) is 9.90 Å². The smallest absolute Gasteiger partial charge is 0.303 e. The molecular formula is C11H14O4. The van der Waals surface area contributed by atoms with E-state index >= 15 is 0 Å². The highest BCUT2D eigenvalue weighted by molar-refractivity contribution is 5.67. The summed E-state index contributed by atoms with van der Waals surface area (Å²) in [6, 6.07) is 3.25. The Kier molecular flexibility index (Phi) is 3.55. The van der Waals surface area contributed by atoms with Crippen LogP contribution in [0.5, 0.6) is 11.5 Å². The third kappa shape index (κ3) is 2.87. The molecule has 2 N–H and O–H groups in total. The minimum Gasteiger partial charge on any atom is -0.508 e. The average molecular weight is 210 g/mol. The first kappa shape index (κ1) is 11.4. The predicted octanol–water partition coefficient (Wildman–Crippen LogP) is 1.73. The zero-order valence-electron chi connectivity index (χ0n) is 8.78. The molecule has 1 aromatic rings. The predicted molar refractivity (Wildman–Crippen MR) is 55.4 cm³/mol. The van der Waals surface area contributed by atoms with Crippen molar-refractivity contribution in [3.8, 4) is 11.5 Å². The molecule has 1 rings (SSSR count). The van der Waals surface area contributed by atoms with Crippen LogP contribution in [0.15, 0.2) is 12.1 Å². The Bertz CT molecular complexity index is 371. The Morgan fingerprint density at radius 1 is 1.47 bits per heavy atom. The van der Waals surface area contributed by atoms with Gasteiger partial charge in [0.05, 0.1) is 7.11 Å². The molecule has 0 aliphatic carbocycles. The lowest BCUT2D eigenvalue weighted by molar-refractivity contribution is -0.136. The fourth-order valence-corrected chi connectivity index (χ4v) is 1.40. The van der Waals surface area contributed by atoms with Gasteiger partial charge in [0.25, 0.3) is 0 Å². The van der Waals surface area contributed by atoms with Crippen LogP contribution in [0.3, 0.4) is 0 Å². The summed E-state index contributed by atoms with van der Waals surface area (Å²) in [6.45, 7) is 1.85. The molecule has 1 aromatic carbocycles. The van der Waals surface area contributed by atoms with E-state index in [0.29, 0.717) is 17.7 Å². The van der Waals surface area contributed by atoms with Crippen molar-refractivity contribution in [2.75, 3.05) is 7.11 Å². The Balaban J connectivity index is 2.90. The van der Waals surface area contributed by atoms with Gasteiger partial charge in [0, 0.05) is 12.5 Å². The molecular weight excluding hydrogens is 196 g/mol. The lowest BCUT2D eigenvalue weighted by Crippen LogP contribution is -1.98. The molecule has 0 atom stereocenters. The van der Waals surface area contributed by atoms with E-state index in [1.54, 1.807) is 6.07 Å². The van der Waals surface area contributed by atoms with Gasteiger partial charge in [-0.1, -0.05) is 0 Å². The molecule has 4 heteroatoms. The summed E-state index contributed by atoms with van der Waals surface area (Å²) < 4.78 is 5.03. The number of phenolic OH excluding ortho intramolecular Hbond substituents is 1. The highest BCUT2D eigenvalue weighted by atomic mass is 16.5. The Morgan fingerprint density at radius 2 is 2.13 bits per heavy atom. The molecule has 0 radical (unpaired) electrons. The van der Waals surface area contributed by atoms with Gasteiger partial charge in [-0.2, -0.15) is 0 Å². The maximum absolute atomic E-state index is 10.4. The van der Waals surface area contributed by atoms with Gasteiger partial charge in [-0.3, -0.25) is 4.79 Å². The maximum Gasteiger partial charge on any atom is 0.303 e. The van der Waals surface area contributed by atoms with E-state index in [2.05, 4.69) is 0 Å². The van der Waals surface area contributed by atoms with Crippen LogP contribution >= 0.6 is 0 Å². The number of hydrogen-bond acceptors (Lipinski definition) is 3. The van der Waals surface area contributed by atoms with Crippen LogP contribution in [0.4, 0.5) is 0 Å². The minimum atomic E-state index is -0.872. The molecule has 0 aromatic heterocycles. The maximum atomic E-state index is 10.4. The quantitative estimate of drug-likeness (QED) is 0.794. The molecule has 0 saturated carbocycles. The number of ether oxygens (including phenoxy) is 1. The lowest BCUT2D eigenvalue weighted by atomic mass is 10.0. The standard InChI is InChI=1S/C11H14O4/c1-7-5-8(3-4-11(13)14)9(12)6-10(7)15-2/h5-6,12H,3-4H2,1-2H3,(H,13,14). The first-order valence-electron chi connectivity index (χ1n) is 4.63. The van der Waals surface area contributed by atoms with E-state index in [-0.39, 0.29) is 12.2 Å². The van der Waals surface area contributed by atoms with Crippen LogP contribution in [-0.4, -0.2) is 23.3 Å². The van der Waals surface area contributed by atoms with Gasteiger partial charge in [0.1, 0.15) is 11.5 Å². The number of carboxylic acids is 1. The summed E-state index contributed by atoms with van der Waals surface area (Å²) in [5, 5.41) is 18.1. The van der Waals surface area contributed by atoms with Gasteiger partial charge in [-0.25, -0.2) is 0 Å². The number of carbonyl (C=O) groups is 1. The first-order valence-corrected chi connectivity index (χ1v) is 4.63. The number of aliphatic carboxylic acids is 1. The number of aromatic hydroxyl groups is 1. The van der Waals surface area contributed by atoms with Crippen LogP contribution in [0, 0.1) is 6.92 Å². The second kappa shape index (κ2) is 4.68. The molecule has 0 fully saturated rings. The van der Waals surface area contributed by atoms with Crippen molar-refractivity contribution in [3.05, 3.63) is 23.3 Å². The van der Waals surface area contributed by atoms with Crippen molar-refractivity contribution < 1.29 is 19.7 Å². The zero-order chi connectivity index (χ0) is 11.4. The second-order valence-corrected chi connectivity index (χ2v) is 3.34. The van der Waals surface area contributed by atoms with Crippen LogP contribution in [-0.2, 0) is 11.2 Å². The van der Waals surface area contributed by atoms with E-state index in [1.807, 2.05) is 6.92 Å². The largest absolute Gasteiger partial charge is 0.508 e. The topological polar surface area (TPSA) is 66.8 Å². The van der Waals surface area contributed by atoms with Crippen LogP contribution in [0.2, 0.25) is 0 Å². The van der Waals surface area contributed by atoms with Gasteiger partial charge in [0.2, 0.25) is 0 Å². The normalized spacial score (nSPS) is 10.0. The van der Waals surface area contributed by atoms with Gasteiger partial charge < -0.3 is 14.9 Å². The first-order chi connectivity index (χ1) is 7.04. The van der Waals surface area contributed by atoms with Crippen molar-refractivity contribution in [3.63, 3.8) is 0 Å². The molecule has 0 aliphatic rings. The molecule has 0 heterocycles. The van der Waals surface area contributed by atoms with Crippen LogP contribution in [0.25, 0.3) is 0 Å². The molecule has 0 unspecified atom stereocenters. The Labute approximate surface area is 88.1 Å². The lowest BCUT2D eigenvalue weighted by Gasteiger charge is -2.09. The number of rotatable bonds is 4. The third-order valence-corrected chi connectivity index (χ3v) is 2.20. The average Bonchev–Trinajstić information content (AvgIpc) is 2.18. The molecule has 0 spiro atoms. The van der Waals surface area contributed by atoms with Gasteiger partial charge >= 0.3 is 5.97 Å². The summed E-state index contributed by atoms with van der Waals surface area (Å²) in [7, 11) is 1.53. The summed E-state index contributed by atoms with van der Waals surface area (Å²) in [6.07, 6.45) is 0.339. The van der Waals surface area contributed by atoms with Crippen molar-refractivity contribution in [2.24, 2.45) is 0 Å². The third-order valence-electron chi connectivity index (χ3n) is 2.20. The van der Waals surface area contributed by atoms with Gasteiger partial charge in [-0.05, 0) is 30.5 Å².